The van der Waals surface area contributed by atoms with Crippen LogP contribution in [0.1, 0.15) is 10.4 Å². The van der Waals surface area contributed by atoms with Gasteiger partial charge in [0.25, 0.3) is 0 Å². The summed E-state index contributed by atoms with van der Waals surface area (Å²) in [5, 5.41) is 8.96. The summed E-state index contributed by atoms with van der Waals surface area (Å²) in [6, 6.07) is 1.38. The van der Waals surface area contributed by atoms with Gasteiger partial charge in [-0.15, -0.1) is 0 Å². The molecular formula is C10H13N3O3S. The average Bonchev–Trinajstić information content (AvgIpc) is 2.30. The lowest BCUT2D eigenvalue weighted by Crippen LogP contribution is -2.38. The fourth-order valence-electron chi connectivity index (χ4n) is 1.75. The van der Waals surface area contributed by atoms with E-state index in [-0.39, 0.29) is 11.3 Å². The molecular weight excluding hydrogens is 242 g/mol. The normalized spacial score (nSPS) is 17.1. The molecule has 2 heterocycles. The van der Waals surface area contributed by atoms with Gasteiger partial charge < -0.3 is 15.7 Å². The van der Waals surface area contributed by atoms with Crippen molar-refractivity contribution >= 4 is 28.3 Å². The lowest BCUT2D eigenvalue weighted by atomic mass is 10.2. The maximum Gasteiger partial charge on any atom is 0.337 e. The quantitative estimate of drug-likeness (QED) is 0.768. The molecule has 1 saturated heterocycles. The van der Waals surface area contributed by atoms with Crippen LogP contribution >= 0.6 is 0 Å². The van der Waals surface area contributed by atoms with Crippen molar-refractivity contribution in [2.24, 2.45) is 0 Å². The third kappa shape index (κ3) is 2.38. The van der Waals surface area contributed by atoms with Crippen molar-refractivity contribution in [3.8, 4) is 0 Å². The highest BCUT2D eigenvalue weighted by molar-refractivity contribution is 7.85. The van der Waals surface area contributed by atoms with Crippen LogP contribution in [-0.2, 0) is 10.8 Å². The van der Waals surface area contributed by atoms with E-state index in [0.29, 0.717) is 30.4 Å². The molecule has 2 rings (SSSR count). The SMILES string of the molecule is Nc1c(C(=O)O)ccnc1N1CCS(=O)CC1. The standard InChI is InChI=1S/C10H13N3O3S/c11-8-7(10(14)15)1-2-12-9(8)13-3-5-17(16)6-4-13/h1-2H,3-6,11H2,(H,14,15). The van der Waals surface area contributed by atoms with Gasteiger partial charge in [-0.3, -0.25) is 4.21 Å². The number of hydrogen-bond acceptors (Lipinski definition) is 5. The minimum Gasteiger partial charge on any atom is -0.478 e. The number of aromatic nitrogens is 1. The highest BCUT2D eigenvalue weighted by atomic mass is 32.2. The summed E-state index contributed by atoms with van der Waals surface area (Å²) in [5.41, 5.74) is 6.02. The van der Waals surface area contributed by atoms with Crippen molar-refractivity contribution in [2.45, 2.75) is 0 Å². The van der Waals surface area contributed by atoms with E-state index in [9.17, 15) is 9.00 Å². The summed E-state index contributed by atoms with van der Waals surface area (Å²) in [5.74, 6) is 0.546. The maximum atomic E-state index is 11.2. The highest BCUT2D eigenvalue weighted by Crippen LogP contribution is 2.24. The highest BCUT2D eigenvalue weighted by Gasteiger charge is 2.21. The third-order valence-corrected chi connectivity index (χ3v) is 3.95. The molecule has 1 fully saturated rings. The van der Waals surface area contributed by atoms with Crippen LogP contribution in [0.15, 0.2) is 12.3 Å². The Balaban J connectivity index is 2.30. The Morgan fingerprint density at radius 3 is 2.71 bits per heavy atom. The summed E-state index contributed by atoms with van der Waals surface area (Å²) in [6.45, 7) is 1.18. The van der Waals surface area contributed by atoms with Gasteiger partial charge in [-0.05, 0) is 6.07 Å². The van der Waals surface area contributed by atoms with Crippen molar-refractivity contribution in [2.75, 3.05) is 35.2 Å². The van der Waals surface area contributed by atoms with E-state index >= 15 is 0 Å². The molecule has 0 radical (unpaired) electrons. The van der Waals surface area contributed by atoms with Crippen LogP contribution in [0.25, 0.3) is 0 Å². The molecule has 0 unspecified atom stereocenters. The Labute approximate surface area is 101 Å². The number of nitrogens with two attached hydrogens (primary N) is 1. The number of aromatic carboxylic acids is 1. The summed E-state index contributed by atoms with van der Waals surface area (Å²) in [4.78, 5) is 16.9. The number of pyridine rings is 1. The Morgan fingerprint density at radius 2 is 2.12 bits per heavy atom. The smallest absolute Gasteiger partial charge is 0.337 e. The predicted octanol–water partition coefficient (Wildman–Crippen LogP) is -0.0693. The molecule has 1 aromatic heterocycles. The third-order valence-electron chi connectivity index (χ3n) is 2.68. The van der Waals surface area contributed by atoms with Crippen LogP contribution in [0.4, 0.5) is 11.5 Å². The molecule has 0 bridgehead atoms. The first-order valence-electron chi connectivity index (χ1n) is 5.17. The van der Waals surface area contributed by atoms with E-state index in [1.165, 1.54) is 12.3 Å². The van der Waals surface area contributed by atoms with E-state index in [1.54, 1.807) is 0 Å². The number of rotatable bonds is 2. The largest absolute Gasteiger partial charge is 0.478 e. The van der Waals surface area contributed by atoms with Gasteiger partial charge >= 0.3 is 5.97 Å². The molecule has 0 spiro atoms. The molecule has 1 aromatic rings. The first-order chi connectivity index (χ1) is 8.09. The molecule has 3 N–H and O–H groups in total. The number of hydrogen-bond donors (Lipinski definition) is 2. The van der Waals surface area contributed by atoms with E-state index in [4.69, 9.17) is 10.8 Å². The first-order valence-corrected chi connectivity index (χ1v) is 6.66. The molecule has 6 nitrogen and oxygen atoms in total. The van der Waals surface area contributed by atoms with Crippen molar-refractivity contribution in [3.05, 3.63) is 17.8 Å². The fourth-order valence-corrected chi connectivity index (χ4v) is 2.80. The molecule has 1 aliphatic rings. The maximum absolute atomic E-state index is 11.2. The minimum absolute atomic E-state index is 0.0571. The van der Waals surface area contributed by atoms with Crippen molar-refractivity contribution in [1.29, 1.82) is 0 Å². The number of nitrogens with zero attached hydrogens (tertiary/aromatic N) is 2. The van der Waals surface area contributed by atoms with Gasteiger partial charge in [0.1, 0.15) is 0 Å². The number of anilines is 2. The van der Waals surface area contributed by atoms with E-state index in [2.05, 4.69) is 4.98 Å². The molecule has 0 saturated carbocycles. The summed E-state index contributed by atoms with van der Waals surface area (Å²) < 4.78 is 11.2. The zero-order valence-corrected chi connectivity index (χ0v) is 9.94. The lowest BCUT2D eigenvalue weighted by Gasteiger charge is -2.28. The van der Waals surface area contributed by atoms with Gasteiger partial charge in [0.2, 0.25) is 0 Å². The second kappa shape index (κ2) is 4.70. The van der Waals surface area contributed by atoms with E-state index < -0.39 is 16.8 Å². The molecule has 0 aliphatic carbocycles. The number of nitrogen functional groups attached to an aromatic ring is 1. The summed E-state index contributed by atoms with van der Waals surface area (Å²) in [7, 11) is -0.782. The van der Waals surface area contributed by atoms with Crippen LogP contribution in [0.2, 0.25) is 0 Å². The topological polar surface area (TPSA) is 96.5 Å². The van der Waals surface area contributed by atoms with Gasteiger partial charge in [0.15, 0.2) is 5.82 Å². The van der Waals surface area contributed by atoms with Gasteiger partial charge in [0.05, 0.1) is 11.3 Å². The van der Waals surface area contributed by atoms with E-state index in [1.807, 2.05) is 4.90 Å². The fraction of sp³-hybridized carbons (Fsp3) is 0.400. The molecule has 92 valence electrons. The molecule has 0 aromatic carbocycles. The Morgan fingerprint density at radius 1 is 1.47 bits per heavy atom. The predicted molar refractivity (Wildman–Crippen MR) is 65.7 cm³/mol. The molecule has 7 heteroatoms. The van der Waals surface area contributed by atoms with Crippen molar-refractivity contribution in [1.82, 2.24) is 4.98 Å². The van der Waals surface area contributed by atoms with Gasteiger partial charge in [0, 0.05) is 41.6 Å². The summed E-state index contributed by atoms with van der Waals surface area (Å²) >= 11 is 0. The number of carboxylic acids is 1. The Kier molecular flexibility index (Phi) is 3.28. The zero-order chi connectivity index (χ0) is 12.4. The van der Waals surface area contributed by atoms with Crippen LogP contribution in [0, 0.1) is 0 Å². The van der Waals surface area contributed by atoms with Crippen LogP contribution in [0.3, 0.4) is 0 Å². The summed E-state index contributed by atoms with van der Waals surface area (Å²) in [6.07, 6.45) is 1.43. The van der Waals surface area contributed by atoms with Gasteiger partial charge in [-0.2, -0.15) is 0 Å². The minimum atomic E-state index is -1.06. The molecule has 0 atom stereocenters. The Bertz CT molecular complexity index is 468. The molecule has 1 aliphatic heterocycles. The van der Waals surface area contributed by atoms with Crippen molar-refractivity contribution < 1.29 is 14.1 Å². The monoisotopic (exact) mass is 255 g/mol. The van der Waals surface area contributed by atoms with E-state index in [0.717, 1.165) is 0 Å². The number of carboxylic acid groups (broad SMARTS) is 1. The van der Waals surface area contributed by atoms with Crippen LogP contribution in [0.5, 0.6) is 0 Å². The average molecular weight is 255 g/mol. The Hall–Kier alpha value is -1.63. The van der Waals surface area contributed by atoms with Gasteiger partial charge in [-0.25, -0.2) is 9.78 Å². The number of carbonyl (C=O) groups is 1. The van der Waals surface area contributed by atoms with Crippen molar-refractivity contribution in [3.63, 3.8) is 0 Å². The van der Waals surface area contributed by atoms with Gasteiger partial charge in [-0.1, -0.05) is 0 Å². The second-order valence-corrected chi connectivity index (χ2v) is 5.43. The van der Waals surface area contributed by atoms with Crippen LogP contribution in [-0.4, -0.2) is 44.9 Å². The first kappa shape index (κ1) is 11.8. The molecule has 0 amide bonds. The van der Waals surface area contributed by atoms with Crippen LogP contribution < -0.4 is 10.6 Å². The molecule has 17 heavy (non-hydrogen) atoms. The second-order valence-electron chi connectivity index (χ2n) is 3.74. The lowest BCUT2D eigenvalue weighted by molar-refractivity contribution is 0.0698. The zero-order valence-electron chi connectivity index (χ0n) is 9.13.